The molecule has 9 heteroatoms. The molecule has 2 rings (SSSR count). The average Bonchev–Trinajstić information content (AvgIpc) is 2.76. The lowest BCUT2D eigenvalue weighted by Crippen LogP contribution is -2.19. The van der Waals surface area contributed by atoms with Gasteiger partial charge in [0.05, 0.1) is 9.40 Å². The number of nitrogens with zero attached hydrogens (tertiary/aromatic N) is 3. The van der Waals surface area contributed by atoms with Crippen LogP contribution in [-0.4, -0.2) is 20.7 Å². The number of nitrogens with one attached hydrogen (secondary N) is 2. The fraction of sp³-hybridized carbons (Fsp3) is 0.0909. The summed E-state index contributed by atoms with van der Waals surface area (Å²) in [6, 6.07) is 5.41. The molecule has 0 spiro atoms. The monoisotopic (exact) mass is 339 g/mol. The number of benzene rings is 1. The molecule has 0 radical (unpaired) electrons. The summed E-state index contributed by atoms with van der Waals surface area (Å²) in [5.41, 5.74) is 0.189. The summed E-state index contributed by atoms with van der Waals surface area (Å²) < 4.78 is 1.89. The number of nitro benzene ring substituents is 1. The molecule has 104 valence electrons. The molecule has 0 unspecified atom stereocenters. The van der Waals surface area contributed by atoms with Crippen LogP contribution in [0.3, 0.4) is 0 Å². The maximum Gasteiger partial charge on any atom is 0.324 e. The van der Waals surface area contributed by atoms with Crippen molar-refractivity contribution in [1.82, 2.24) is 9.78 Å². The zero-order valence-corrected chi connectivity index (χ0v) is 11.9. The molecule has 0 atom stereocenters. The number of aromatic nitrogens is 2. The van der Waals surface area contributed by atoms with E-state index in [-0.39, 0.29) is 5.69 Å². The summed E-state index contributed by atoms with van der Waals surface area (Å²) >= 11 is 3.07. The fourth-order valence-corrected chi connectivity index (χ4v) is 1.88. The predicted molar refractivity (Wildman–Crippen MR) is 76.6 cm³/mol. The van der Waals surface area contributed by atoms with Crippen LogP contribution in [0.1, 0.15) is 0 Å². The highest BCUT2D eigenvalue weighted by atomic mass is 79.9. The fourth-order valence-electron chi connectivity index (χ4n) is 1.49. The van der Waals surface area contributed by atoms with Gasteiger partial charge in [-0.25, -0.2) is 4.79 Å². The second kappa shape index (κ2) is 5.70. The van der Waals surface area contributed by atoms with Crippen molar-refractivity contribution >= 4 is 39.2 Å². The predicted octanol–water partition coefficient (Wildman–Crippen LogP) is 2.73. The quantitative estimate of drug-likeness (QED) is 0.662. The van der Waals surface area contributed by atoms with Crippen molar-refractivity contribution in [2.24, 2.45) is 7.05 Å². The Hall–Kier alpha value is -2.42. The number of urea groups is 1. The first-order chi connectivity index (χ1) is 9.45. The van der Waals surface area contributed by atoms with Crippen molar-refractivity contribution in [3.63, 3.8) is 0 Å². The van der Waals surface area contributed by atoms with Crippen LogP contribution < -0.4 is 10.6 Å². The van der Waals surface area contributed by atoms with E-state index in [1.54, 1.807) is 30.1 Å². The van der Waals surface area contributed by atoms with E-state index >= 15 is 0 Å². The van der Waals surface area contributed by atoms with Gasteiger partial charge in [-0.05, 0) is 28.1 Å². The van der Waals surface area contributed by atoms with Gasteiger partial charge in [-0.3, -0.25) is 20.1 Å². The van der Waals surface area contributed by atoms with E-state index in [9.17, 15) is 14.9 Å². The van der Waals surface area contributed by atoms with E-state index in [0.29, 0.717) is 16.0 Å². The standard InChI is InChI=1S/C11H10BrN5O3/c1-16-5-4-10(15-16)14-11(18)13-7-2-3-8(12)9(6-7)17(19)20/h2-6H,1H3,(H2,13,14,15,18). The molecule has 2 N–H and O–H groups in total. The number of halogens is 1. The average molecular weight is 340 g/mol. The van der Waals surface area contributed by atoms with Crippen molar-refractivity contribution in [1.29, 1.82) is 0 Å². The Morgan fingerprint density at radius 1 is 1.40 bits per heavy atom. The number of carbonyl (C=O) groups is 1. The number of anilines is 2. The second-order valence-electron chi connectivity index (χ2n) is 3.88. The minimum atomic E-state index is -0.536. The van der Waals surface area contributed by atoms with Crippen LogP contribution in [0.15, 0.2) is 34.9 Å². The van der Waals surface area contributed by atoms with Crippen molar-refractivity contribution in [2.75, 3.05) is 10.6 Å². The summed E-state index contributed by atoms with van der Waals surface area (Å²) in [4.78, 5) is 22.0. The number of hydrogen-bond donors (Lipinski definition) is 2. The van der Waals surface area contributed by atoms with E-state index in [4.69, 9.17) is 0 Å². The second-order valence-corrected chi connectivity index (χ2v) is 4.73. The van der Waals surface area contributed by atoms with Crippen LogP contribution >= 0.6 is 15.9 Å². The van der Waals surface area contributed by atoms with Crippen LogP contribution in [0, 0.1) is 10.1 Å². The molecule has 0 bridgehead atoms. The molecule has 8 nitrogen and oxygen atoms in total. The van der Waals surface area contributed by atoms with Crippen molar-refractivity contribution in [2.45, 2.75) is 0 Å². The highest BCUT2D eigenvalue weighted by Gasteiger charge is 2.13. The normalized spacial score (nSPS) is 10.1. The Labute approximate surface area is 122 Å². The smallest absolute Gasteiger partial charge is 0.307 e. The highest BCUT2D eigenvalue weighted by Crippen LogP contribution is 2.27. The van der Waals surface area contributed by atoms with Crippen LogP contribution in [0.25, 0.3) is 0 Å². The number of nitro groups is 1. The lowest BCUT2D eigenvalue weighted by atomic mass is 10.3. The summed E-state index contributed by atoms with van der Waals surface area (Å²) in [6.07, 6.45) is 1.68. The molecule has 2 amide bonds. The van der Waals surface area contributed by atoms with Gasteiger partial charge in [0.1, 0.15) is 0 Å². The van der Waals surface area contributed by atoms with Gasteiger partial charge in [-0.15, -0.1) is 0 Å². The Bertz CT molecular complexity index is 670. The van der Waals surface area contributed by atoms with Gasteiger partial charge in [-0.1, -0.05) is 0 Å². The number of amides is 2. The summed E-state index contributed by atoms with van der Waals surface area (Å²) in [5.74, 6) is 0.386. The third-order valence-electron chi connectivity index (χ3n) is 2.36. The topological polar surface area (TPSA) is 102 Å². The summed E-state index contributed by atoms with van der Waals surface area (Å²) in [7, 11) is 1.72. The van der Waals surface area contributed by atoms with Crippen LogP contribution in [0.4, 0.5) is 22.0 Å². The van der Waals surface area contributed by atoms with E-state index in [1.807, 2.05) is 0 Å². The lowest BCUT2D eigenvalue weighted by Gasteiger charge is -2.06. The van der Waals surface area contributed by atoms with Gasteiger partial charge in [0.15, 0.2) is 5.82 Å². The first kappa shape index (κ1) is 14.0. The van der Waals surface area contributed by atoms with Crippen LogP contribution in [0.5, 0.6) is 0 Å². The number of aryl methyl sites for hydroxylation is 1. The molecular formula is C11H10BrN5O3. The maximum atomic E-state index is 11.7. The molecule has 0 aliphatic carbocycles. The number of carbonyl (C=O) groups excluding carboxylic acids is 1. The molecule has 0 saturated carbocycles. The van der Waals surface area contributed by atoms with Gasteiger partial charge in [0.2, 0.25) is 0 Å². The third-order valence-corrected chi connectivity index (χ3v) is 3.03. The molecule has 2 aromatic rings. The molecule has 1 aromatic carbocycles. The molecular weight excluding hydrogens is 330 g/mol. The Morgan fingerprint density at radius 3 is 2.75 bits per heavy atom. The van der Waals surface area contributed by atoms with Gasteiger partial charge in [-0.2, -0.15) is 5.10 Å². The van der Waals surface area contributed by atoms with E-state index in [2.05, 4.69) is 31.7 Å². The van der Waals surface area contributed by atoms with Gasteiger partial charge in [0, 0.05) is 31.1 Å². The SMILES string of the molecule is Cn1ccc(NC(=O)Nc2ccc(Br)c([N+](=O)[O-])c2)n1. The molecule has 1 heterocycles. The third kappa shape index (κ3) is 3.32. The van der Waals surface area contributed by atoms with Crippen molar-refractivity contribution in [3.05, 3.63) is 45.0 Å². The van der Waals surface area contributed by atoms with Crippen LogP contribution in [-0.2, 0) is 7.05 Å². The molecule has 20 heavy (non-hydrogen) atoms. The number of rotatable bonds is 3. The highest BCUT2D eigenvalue weighted by molar-refractivity contribution is 9.10. The molecule has 1 aromatic heterocycles. The zero-order chi connectivity index (χ0) is 14.7. The van der Waals surface area contributed by atoms with Gasteiger partial charge in [0.25, 0.3) is 5.69 Å². The minimum absolute atomic E-state index is 0.124. The molecule has 0 fully saturated rings. The van der Waals surface area contributed by atoms with Crippen molar-refractivity contribution in [3.8, 4) is 0 Å². The van der Waals surface area contributed by atoms with Crippen LogP contribution in [0.2, 0.25) is 0 Å². The molecule has 0 aliphatic heterocycles. The Balaban J connectivity index is 2.08. The first-order valence-corrected chi connectivity index (χ1v) is 6.26. The van der Waals surface area contributed by atoms with Gasteiger partial charge < -0.3 is 5.32 Å². The lowest BCUT2D eigenvalue weighted by molar-refractivity contribution is -0.385. The molecule has 0 saturated heterocycles. The van der Waals surface area contributed by atoms with E-state index in [0.717, 1.165) is 0 Å². The maximum absolute atomic E-state index is 11.7. The van der Waals surface area contributed by atoms with Gasteiger partial charge >= 0.3 is 6.03 Å². The minimum Gasteiger partial charge on any atom is -0.307 e. The van der Waals surface area contributed by atoms with Crippen molar-refractivity contribution < 1.29 is 9.72 Å². The largest absolute Gasteiger partial charge is 0.324 e. The zero-order valence-electron chi connectivity index (χ0n) is 10.3. The Morgan fingerprint density at radius 2 is 2.15 bits per heavy atom. The first-order valence-electron chi connectivity index (χ1n) is 5.47. The summed E-state index contributed by atoms with van der Waals surface area (Å²) in [6.45, 7) is 0. The summed E-state index contributed by atoms with van der Waals surface area (Å²) in [5, 5.41) is 19.8. The number of hydrogen-bond acceptors (Lipinski definition) is 4. The van der Waals surface area contributed by atoms with E-state index < -0.39 is 11.0 Å². The van der Waals surface area contributed by atoms with E-state index in [1.165, 1.54) is 12.1 Å². The Kier molecular flexibility index (Phi) is 3.99. The molecule has 0 aliphatic rings.